The second kappa shape index (κ2) is 4.99. The summed E-state index contributed by atoms with van der Waals surface area (Å²) in [5.41, 5.74) is 4.00. The Kier molecular flexibility index (Phi) is 3.40. The Morgan fingerprint density at radius 3 is 2.00 bits per heavy atom. The van der Waals surface area contributed by atoms with Gasteiger partial charge in [-0.15, -0.1) is 0 Å². The number of imide groups is 1. The molecule has 1 fully saturated rings. The first kappa shape index (κ1) is 14.3. The first-order chi connectivity index (χ1) is 9.90. The molecule has 2 aliphatic rings. The number of carbonyl (C=O) groups excluding carboxylic acids is 2. The molecule has 1 aromatic rings. The molecular weight excluding hydrogens is 286 g/mol. The van der Waals surface area contributed by atoms with Crippen molar-refractivity contribution in [3.05, 3.63) is 39.9 Å². The summed E-state index contributed by atoms with van der Waals surface area (Å²) in [6.07, 6.45) is 1.40. The topological polar surface area (TPSA) is 37.4 Å². The van der Waals surface area contributed by atoms with Gasteiger partial charge >= 0.3 is 0 Å². The summed E-state index contributed by atoms with van der Waals surface area (Å²) in [4.78, 5) is 26.7. The highest BCUT2D eigenvalue weighted by molar-refractivity contribution is 6.31. The molecule has 0 spiro atoms. The largest absolute Gasteiger partial charge is 0.274 e. The van der Waals surface area contributed by atoms with Gasteiger partial charge in [0.2, 0.25) is 11.8 Å². The van der Waals surface area contributed by atoms with E-state index in [-0.39, 0.29) is 23.7 Å². The zero-order chi connectivity index (χ0) is 15.3. The average molecular weight is 304 g/mol. The van der Waals surface area contributed by atoms with Crippen LogP contribution in [0.1, 0.15) is 32.3 Å². The van der Waals surface area contributed by atoms with E-state index in [4.69, 9.17) is 11.6 Å². The molecule has 0 unspecified atom stereocenters. The van der Waals surface area contributed by atoms with Crippen LogP contribution in [0.5, 0.6) is 0 Å². The van der Waals surface area contributed by atoms with E-state index < -0.39 is 0 Å². The van der Waals surface area contributed by atoms with Crippen LogP contribution in [0, 0.1) is 18.8 Å². The standard InChI is InChI=1S/C17H18ClNO2/c1-9-7-13-14(8-10(9)2)17(21)19(16(13)20)15-5-4-12(18)6-11(15)3/h4-6,13-14H,7-8H2,1-3H3/t13-,14-/m0/s1. The lowest BCUT2D eigenvalue weighted by molar-refractivity contribution is -0.122. The lowest BCUT2D eigenvalue weighted by atomic mass is 9.78. The van der Waals surface area contributed by atoms with Crippen LogP contribution >= 0.6 is 11.6 Å². The van der Waals surface area contributed by atoms with Crippen molar-refractivity contribution in [3.63, 3.8) is 0 Å². The molecule has 0 radical (unpaired) electrons. The molecule has 0 aromatic heterocycles. The van der Waals surface area contributed by atoms with E-state index in [0.29, 0.717) is 23.6 Å². The number of amides is 2. The van der Waals surface area contributed by atoms with Crippen molar-refractivity contribution in [1.82, 2.24) is 0 Å². The van der Waals surface area contributed by atoms with Gasteiger partial charge in [0.05, 0.1) is 17.5 Å². The van der Waals surface area contributed by atoms with Gasteiger partial charge in [0.15, 0.2) is 0 Å². The minimum absolute atomic E-state index is 0.0673. The number of rotatable bonds is 1. The number of hydrogen-bond acceptors (Lipinski definition) is 2. The average Bonchev–Trinajstić information content (AvgIpc) is 2.64. The van der Waals surface area contributed by atoms with E-state index in [1.165, 1.54) is 16.0 Å². The molecule has 0 bridgehead atoms. The van der Waals surface area contributed by atoms with Gasteiger partial charge in [0.25, 0.3) is 0 Å². The van der Waals surface area contributed by atoms with Gasteiger partial charge in [0, 0.05) is 5.02 Å². The third-order valence-electron chi connectivity index (χ3n) is 4.74. The number of benzene rings is 1. The van der Waals surface area contributed by atoms with Gasteiger partial charge in [-0.2, -0.15) is 0 Å². The summed E-state index contributed by atoms with van der Waals surface area (Å²) in [6.45, 7) is 5.98. The lowest BCUT2D eigenvalue weighted by Gasteiger charge is -2.23. The predicted molar refractivity (Wildman–Crippen MR) is 83.3 cm³/mol. The minimum atomic E-state index is -0.198. The number of aryl methyl sites for hydroxylation is 1. The summed E-state index contributed by atoms with van der Waals surface area (Å²) >= 11 is 5.96. The number of halogens is 1. The van der Waals surface area contributed by atoms with Crippen LogP contribution in [-0.2, 0) is 9.59 Å². The van der Waals surface area contributed by atoms with E-state index in [2.05, 4.69) is 13.8 Å². The smallest absolute Gasteiger partial charge is 0.238 e. The maximum Gasteiger partial charge on any atom is 0.238 e. The van der Waals surface area contributed by atoms with E-state index in [0.717, 1.165) is 5.56 Å². The minimum Gasteiger partial charge on any atom is -0.274 e. The van der Waals surface area contributed by atoms with Crippen LogP contribution in [0.2, 0.25) is 5.02 Å². The predicted octanol–water partition coefficient (Wildman–Crippen LogP) is 3.88. The van der Waals surface area contributed by atoms with E-state index >= 15 is 0 Å². The van der Waals surface area contributed by atoms with Crippen LogP contribution in [0.4, 0.5) is 5.69 Å². The van der Waals surface area contributed by atoms with Gasteiger partial charge in [-0.05, 0) is 57.4 Å². The number of fused-ring (bicyclic) bond motifs is 1. The van der Waals surface area contributed by atoms with Crippen molar-refractivity contribution in [1.29, 1.82) is 0 Å². The maximum atomic E-state index is 12.7. The van der Waals surface area contributed by atoms with Gasteiger partial charge in [-0.25, -0.2) is 4.90 Å². The zero-order valence-corrected chi connectivity index (χ0v) is 13.2. The molecule has 3 rings (SSSR count). The first-order valence-corrected chi connectivity index (χ1v) is 7.57. The van der Waals surface area contributed by atoms with Gasteiger partial charge in [-0.3, -0.25) is 9.59 Å². The Balaban J connectivity index is 2.00. The Morgan fingerprint density at radius 1 is 1.00 bits per heavy atom. The molecule has 1 aromatic carbocycles. The first-order valence-electron chi connectivity index (χ1n) is 7.19. The SMILES string of the molecule is CC1=C(C)C[C@@H]2C(=O)N(c3ccc(Cl)cc3C)C(=O)[C@H]2C1. The molecule has 1 aliphatic carbocycles. The molecule has 21 heavy (non-hydrogen) atoms. The number of carbonyl (C=O) groups is 2. The summed E-state index contributed by atoms with van der Waals surface area (Å²) in [6, 6.07) is 5.27. The quantitative estimate of drug-likeness (QED) is 0.583. The van der Waals surface area contributed by atoms with Crippen molar-refractivity contribution in [2.75, 3.05) is 4.90 Å². The molecule has 4 heteroatoms. The van der Waals surface area contributed by atoms with E-state index in [1.54, 1.807) is 18.2 Å². The van der Waals surface area contributed by atoms with E-state index in [1.807, 2.05) is 6.92 Å². The molecule has 0 N–H and O–H groups in total. The highest BCUT2D eigenvalue weighted by Crippen LogP contribution is 2.42. The Labute approximate surface area is 129 Å². The van der Waals surface area contributed by atoms with Crippen LogP contribution in [0.3, 0.4) is 0 Å². The molecule has 0 saturated carbocycles. The highest BCUT2D eigenvalue weighted by Gasteiger charge is 2.49. The van der Waals surface area contributed by atoms with Crippen molar-refractivity contribution < 1.29 is 9.59 Å². The second-order valence-corrected chi connectivity index (χ2v) is 6.56. The molecule has 2 amide bonds. The molecule has 2 atom stereocenters. The van der Waals surface area contributed by atoms with Crippen molar-refractivity contribution in [2.45, 2.75) is 33.6 Å². The summed E-state index contributed by atoms with van der Waals surface area (Å²) in [5.74, 6) is -0.530. The van der Waals surface area contributed by atoms with Gasteiger partial charge in [-0.1, -0.05) is 22.7 Å². The summed E-state index contributed by atoms with van der Waals surface area (Å²) < 4.78 is 0. The summed E-state index contributed by atoms with van der Waals surface area (Å²) in [7, 11) is 0. The van der Waals surface area contributed by atoms with E-state index in [9.17, 15) is 9.59 Å². The molecule has 1 saturated heterocycles. The van der Waals surface area contributed by atoms with Crippen molar-refractivity contribution in [3.8, 4) is 0 Å². The number of nitrogens with zero attached hydrogens (tertiary/aromatic N) is 1. The van der Waals surface area contributed by atoms with Crippen LogP contribution in [-0.4, -0.2) is 11.8 Å². The molecule has 1 heterocycles. The molecule has 3 nitrogen and oxygen atoms in total. The Bertz CT molecular complexity index is 645. The number of anilines is 1. The lowest BCUT2D eigenvalue weighted by Crippen LogP contribution is -2.31. The monoisotopic (exact) mass is 303 g/mol. The molecule has 1 aliphatic heterocycles. The van der Waals surface area contributed by atoms with Crippen LogP contribution in [0.25, 0.3) is 0 Å². The number of hydrogen-bond donors (Lipinski definition) is 0. The number of allylic oxidation sites excluding steroid dienone is 2. The second-order valence-electron chi connectivity index (χ2n) is 6.12. The Hall–Kier alpha value is -1.61. The zero-order valence-electron chi connectivity index (χ0n) is 12.4. The fourth-order valence-corrected chi connectivity index (χ4v) is 3.59. The third kappa shape index (κ3) is 2.20. The maximum absolute atomic E-state index is 12.7. The van der Waals surface area contributed by atoms with Crippen LogP contribution in [0.15, 0.2) is 29.3 Å². The van der Waals surface area contributed by atoms with Crippen LogP contribution < -0.4 is 4.90 Å². The Morgan fingerprint density at radius 2 is 1.52 bits per heavy atom. The third-order valence-corrected chi connectivity index (χ3v) is 4.98. The molecular formula is C17H18ClNO2. The highest BCUT2D eigenvalue weighted by atomic mass is 35.5. The van der Waals surface area contributed by atoms with Gasteiger partial charge < -0.3 is 0 Å². The molecule has 110 valence electrons. The van der Waals surface area contributed by atoms with Crippen molar-refractivity contribution >= 4 is 29.1 Å². The fourth-order valence-electron chi connectivity index (χ4n) is 3.36. The normalized spacial score (nSPS) is 25.6. The fraction of sp³-hybridized carbons (Fsp3) is 0.412. The van der Waals surface area contributed by atoms with Gasteiger partial charge in [0.1, 0.15) is 0 Å². The summed E-state index contributed by atoms with van der Waals surface area (Å²) in [5, 5.41) is 0.612. The van der Waals surface area contributed by atoms with Crippen molar-refractivity contribution in [2.24, 2.45) is 11.8 Å².